The van der Waals surface area contributed by atoms with Crippen molar-refractivity contribution in [3.8, 4) is 22.8 Å². The van der Waals surface area contributed by atoms with Gasteiger partial charge >= 0.3 is 0 Å². The lowest BCUT2D eigenvalue weighted by Gasteiger charge is -2.20. The Kier molecular flexibility index (Phi) is 6.00. The zero-order valence-corrected chi connectivity index (χ0v) is 17.1. The van der Waals surface area contributed by atoms with E-state index >= 15 is 0 Å². The Morgan fingerprint density at radius 1 is 1.10 bits per heavy atom. The van der Waals surface area contributed by atoms with Crippen LogP contribution < -0.4 is 14.6 Å². The minimum atomic E-state index is -3.46. The number of methoxy groups -OCH3 is 1. The number of hydrogen-bond donors (Lipinski definition) is 1. The number of hydrogen-bond acceptors (Lipinski definition) is 6. The molecule has 0 aliphatic rings. The maximum absolute atomic E-state index is 12.0. The van der Waals surface area contributed by atoms with E-state index in [2.05, 4.69) is 10.2 Å². The molecule has 0 unspecified atom stereocenters. The Balaban J connectivity index is 2.19. The molecule has 3 rings (SSSR count). The van der Waals surface area contributed by atoms with Crippen molar-refractivity contribution in [2.24, 2.45) is 0 Å². The molecule has 8 nitrogen and oxygen atoms in total. The van der Waals surface area contributed by atoms with Crippen LogP contribution in [0.2, 0.25) is 0 Å². The molecule has 1 N–H and O–H groups in total. The second-order valence-corrected chi connectivity index (χ2v) is 8.38. The molecule has 0 aliphatic heterocycles. The molecule has 152 valence electrons. The molecule has 2 aromatic carbocycles. The predicted molar refractivity (Wildman–Crippen MR) is 111 cm³/mol. The number of sulfonamides is 1. The van der Waals surface area contributed by atoms with Crippen LogP contribution in [0.5, 0.6) is 11.5 Å². The average Bonchev–Trinajstić information content (AvgIpc) is 2.68. The highest BCUT2D eigenvalue weighted by Crippen LogP contribution is 2.37. The molecule has 0 atom stereocenters. The van der Waals surface area contributed by atoms with Crippen molar-refractivity contribution in [1.82, 2.24) is 10.2 Å². The molecule has 1 heterocycles. The van der Waals surface area contributed by atoms with Crippen LogP contribution in [0, 0.1) is 0 Å². The van der Waals surface area contributed by atoms with E-state index in [1.807, 2.05) is 18.2 Å². The molecule has 3 aromatic rings. The minimum absolute atomic E-state index is 0.156. The lowest BCUT2D eigenvalue weighted by Crippen LogP contribution is -2.24. The Morgan fingerprint density at radius 2 is 1.83 bits per heavy atom. The van der Waals surface area contributed by atoms with Gasteiger partial charge in [0.05, 0.1) is 18.6 Å². The van der Waals surface area contributed by atoms with Crippen LogP contribution in [0.3, 0.4) is 0 Å². The smallest absolute Gasteiger partial charge is 0.264 e. The van der Waals surface area contributed by atoms with Gasteiger partial charge in [0.2, 0.25) is 10.0 Å². The molecule has 29 heavy (non-hydrogen) atoms. The van der Waals surface area contributed by atoms with E-state index in [0.29, 0.717) is 34.0 Å². The molecule has 0 amide bonds. The zero-order valence-electron chi connectivity index (χ0n) is 16.2. The lowest BCUT2D eigenvalue weighted by molar-refractivity contribution is 0.185. The van der Waals surface area contributed by atoms with Crippen molar-refractivity contribution < 1.29 is 17.9 Å². The average molecular weight is 415 g/mol. The summed E-state index contributed by atoms with van der Waals surface area (Å²) in [7, 11) is -0.489. The highest BCUT2D eigenvalue weighted by Gasteiger charge is 2.19. The van der Waals surface area contributed by atoms with Crippen molar-refractivity contribution >= 4 is 15.7 Å². The summed E-state index contributed by atoms with van der Waals surface area (Å²) in [5, 5.41) is 6.59. The van der Waals surface area contributed by atoms with Crippen molar-refractivity contribution in [2.45, 2.75) is 6.61 Å². The SMILES string of the molecule is COCc1cc(=O)[nH]nc1-c1cc(N(C)S(C)(=O)=O)ccc1Oc1ccccc1. The summed E-state index contributed by atoms with van der Waals surface area (Å²) in [6, 6.07) is 15.5. The third-order valence-electron chi connectivity index (χ3n) is 4.24. The van der Waals surface area contributed by atoms with Gasteiger partial charge in [0.25, 0.3) is 5.56 Å². The minimum Gasteiger partial charge on any atom is -0.457 e. The van der Waals surface area contributed by atoms with Crippen LogP contribution >= 0.6 is 0 Å². The lowest BCUT2D eigenvalue weighted by atomic mass is 10.0. The van der Waals surface area contributed by atoms with Gasteiger partial charge in [-0.05, 0) is 30.3 Å². The van der Waals surface area contributed by atoms with E-state index in [9.17, 15) is 13.2 Å². The number of rotatable bonds is 7. The van der Waals surface area contributed by atoms with Gasteiger partial charge in [-0.15, -0.1) is 0 Å². The molecule has 0 saturated heterocycles. The van der Waals surface area contributed by atoms with Gasteiger partial charge in [0.1, 0.15) is 17.2 Å². The van der Waals surface area contributed by atoms with Gasteiger partial charge in [0, 0.05) is 31.4 Å². The quantitative estimate of drug-likeness (QED) is 0.637. The standard InChI is InChI=1S/C20H21N3O5S/c1-23(29(3,25)26)15-9-10-18(28-16-7-5-4-6-8-16)17(12-15)20-14(13-27-2)11-19(24)21-22-20/h4-12H,13H2,1-3H3,(H,21,24). The molecular weight excluding hydrogens is 394 g/mol. The fourth-order valence-electron chi connectivity index (χ4n) is 2.74. The van der Waals surface area contributed by atoms with E-state index in [0.717, 1.165) is 10.6 Å². The van der Waals surface area contributed by atoms with Gasteiger partial charge in [-0.25, -0.2) is 13.5 Å². The highest BCUT2D eigenvalue weighted by atomic mass is 32.2. The fourth-order valence-corrected chi connectivity index (χ4v) is 3.23. The Labute approximate surface area is 168 Å². The number of ether oxygens (including phenoxy) is 2. The third kappa shape index (κ3) is 4.82. The maximum Gasteiger partial charge on any atom is 0.264 e. The summed E-state index contributed by atoms with van der Waals surface area (Å²) in [5.74, 6) is 1.06. The second kappa shape index (κ2) is 8.46. The van der Waals surface area contributed by atoms with Crippen molar-refractivity contribution in [3.05, 3.63) is 70.5 Å². The normalized spacial score (nSPS) is 11.3. The topological polar surface area (TPSA) is 102 Å². The largest absolute Gasteiger partial charge is 0.457 e. The summed E-state index contributed by atoms with van der Waals surface area (Å²) in [5.41, 5.74) is 1.56. The Bertz CT molecular complexity index is 1160. The van der Waals surface area contributed by atoms with Gasteiger partial charge < -0.3 is 9.47 Å². The Hall–Kier alpha value is -3.17. The Morgan fingerprint density at radius 3 is 2.48 bits per heavy atom. The van der Waals surface area contributed by atoms with Crippen LogP contribution in [0.25, 0.3) is 11.3 Å². The van der Waals surface area contributed by atoms with Crippen molar-refractivity contribution in [2.75, 3.05) is 24.7 Å². The first-order valence-electron chi connectivity index (χ1n) is 8.68. The van der Waals surface area contributed by atoms with Gasteiger partial charge in [-0.3, -0.25) is 9.10 Å². The number of aromatic nitrogens is 2. The molecule has 0 bridgehead atoms. The first-order valence-corrected chi connectivity index (χ1v) is 10.5. The van der Waals surface area contributed by atoms with E-state index in [-0.39, 0.29) is 12.2 Å². The highest BCUT2D eigenvalue weighted by molar-refractivity contribution is 7.92. The summed E-state index contributed by atoms with van der Waals surface area (Å²) < 4.78 is 36.3. The third-order valence-corrected chi connectivity index (χ3v) is 5.44. The predicted octanol–water partition coefficient (Wildman–Crippen LogP) is 2.77. The zero-order chi connectivity index (χ0) is 21.0. The van der Waals surface area contributed by atoms with Crippen molar-refractivity contribution in [1.29, 1.82) is 0 Å². The van der Waals surface area contributed by atoms with Crippen LogP contribution in [-0.4, -0.2) is 39.0 Å². The fraction of sp³-hybridized carbons (Fsp3) is 0.200. The van der Waals surface area contributed by atoms with Crippen LogP contribution in [0.4, 0.5) is 5.69 Å². The summed E-state index contributed by atoms with van der Waals surface area (Å²) in [6.45, 7) is 0.156. The monoisotopic (exact) mass is 415 g/mol. The van der Waals surface area contributed by atoms with E-state index in [1.165, 1.54) is 20.2 Å². The molecule has 0 saturated carbocycles. The van der Waals surface area contributed by atoms with E-state index < -0.39 is 10.0 Å². The molecule has 0 aliphatic carbocycles. The van der Waals surface area contributed by atoms with Crippen LogP contribution in [0.1, 0.15) is 5.56 Å². The first-order chi connectivity index (χ1) is 13.8. The summed E-state index contributed by atoms with van der Waals surface area (Å²) in [6.07, 6.45) is 1.12. The van der Waals surface area contributed by atoms with Gasteiger partial charge in [0.15, 0.2) is 0 Å². The van der Waals surface area contributed by atoms with Crippen LogP contribution in [-0.2, 0) is 21.4 Å². The van der Waals surface area contributed by atoms with Gasteiger partial charge in [-0.1, -0.05) is 18.2 Å². The molecule has 0 spiro atoms. The summed E-state index contributed by atoms with van der Waals surface area (Å²) in [4.78, 5) is 11.7. The van der Waals surface area contributed by atoms with Crippen molar-refractivity contribution in [3.63, 3.8) is 0 Å². The summed E-state index contributed by atoms with van der Waals surface area (Å²) >= 11 is 0. The van der Waals surface area contributed by atoms with Gasteiger partial charge in [-0.2, -0.15) is 5.10 Å². The number of H-pyrrole nitrogens is 1. The maximum atomic E-state index is 12.0. The molecule has 1 aromatic heterocycles. The number of anilines is 1. The molecule has 0 fully saturated rings. The number of nitrogens with one attached hydrogen (secondary N) is 1. The second-order valence-electron chi connectivity index (χ2n) is 6.37. The molecule has 0 radical (unpaired) electrons. The van der Waals surface area contributed by atoms with E-state index in [1.54, 1.807) is 30.3 Å². The first kappa shape index (κ1) is 20.6. The number of aromatic amines is 1. The number of nitrogens with zero attached hydrogens (tertiary/aromatic N) is 2. The van der Waals surface area contributed by atoms with Crippen LogP contribution in [0.15, 0.2) is 59.4 Å². The van der Waals surface area contributed by atoms with E-state index in [4.69, 9.17) is 9.47 Å². The molecular formula is C20H21N3O5S. The number of benzene rings is 2. The number of para-hydroxylation sites is 1. The molecule has 9 heteroatoms.